The lowest BCUT2D eigenvalue weighted by atomic mass is 9.91. The van der Waals surface area contributed by atoms with Crippen molar-refractivity contribution in [3.63, 3.8) is 0 Å². The summed E-state index contributed by atoms with van der Waals surface area (Å²) >= 11 is 5.16. The molecular weight excluding hydrogens is 408 g/mol. The van der Waals surface area contributed by atoms with Crippen molar-refractivity contribution in [1.29, 1.82) is 0 Å². The largest absolute Gasteiger partial charge is 0.489 e. The Hall–Kier alpha value is -3.51. The number of hydrogen-bond acceptors (Lipinski definition) is 4. The smallest absolute Gasteiger partial charge is 0.241 e. The molecule has 3 aromatic rings. The van der Waals surface area contributed by atoms with Crippen LogP contribution in [0.5, 0.6) is 5.75 Å². The van der Waals surface area contributed by atoms with E-state index in [1.165, 1.54) is 4.90 Å². The molecular formula is C25H22N2O3S. The zero-order valence-corrected chi connectivity index (χ0v) is 17.7. The molecule has 1 saturated heterocycles. The Labute approximate surface area is 186 Å². The Kier molecular flexibility index (Phi) is 6.09. The lowest BCUT2D eigenvalue weighted by molar-refractivity contribution is -0.140. The van der Waals surface area contributed by atoms with E-state index >= 15 is 0 Å². The van der Waals surface area contributed by atoms with Crippen LogP contribution in [0.25, 0.3) is 10.8 Å². The summed E-state index contributed by atoms with van der Waals surface area (Å²) in [6.07, 6.45) is 1.80. The number of hydrogen-bond donors (Lipinski definition) is 1. The van der Waals surface area contributed by atoms with Crippen LogP contribution in [-0.2, 0) is 22.6 Å². The third-order valence-electron chi connectivity index (χ3n) is 5.31. The summed E-state index contributed by atoms with van der Waals surface area (Å²) in [6.45, 7) is 4.32. The van der Waals surface area contributed by atoms with E-state index in [0.717, 1.165) is 21.9 Å². The van der Waals surface area contributed by atoms with Crippen molar-refractivity contribution in [2.45, 2.75) is 13.0 Å². The first kappa shape index (κ1) is 20.8. The van der Waals surface area contributed by atoms with Gasteiger partial charge in [0.15, 0.2) is 5.11 Å². The van der Waals surface area contributed by atoms with Crippen molar-refractivity contribution < 1.29 is 14.3 Å². The summed E-state index contributed by atoms with van der Waals surface area (Å²) in [7, 11) is 0. The fourth-order valence-electron chi connectivity index (χ4n) is 3.74. The molecule has 4 rings (SSSR count). The summed E-state index contributed by atoms with van der Waals surface area (Å²) in [5.41, 5.74) is 1.87. The van der Waals surface area contributed by atoms with E-state index in [1.807, 2.05) is 66.7 Å². The first-order chi connectivity index (χ1) is 15.1. The van der Waals surface area contributed by atoms with E-state index < -0.39 is 11.8 Å². The molecule has 156 valence electrons. The highest BCUT2D eigenvalue weighted by Crippen LogP contribution is 2.32. The standard InChI is InChI=1S/C25H22N2O3S/c1-2-14-27-24(29)21(23(28)26-25(27)31)15-20-19-11-7-6-10-18(19)12-13-22(20)30-16-17-8-4-3-5-9-17/h2-13,21H,1,14-16H2,(H,26,28,31). The van der Waals surface area contributed by atoms with Crippen LogP contribution in [0.4, 0.5) is 0 Å². The number of benzene rings is 3. The molecule has 1 aliphatic rings. The maximum absolute atomic E-state index is 13.1. The normalized spacial score (nSPS) is 16.3. The van der Waals surface area contributed by atoms with Crippen molar-refractivity contribution in [1.82, 2.24) is 10.2 Å². The molecule has 0 radical (unpaired) electrons. The van der Waals surface area contributed by atoms with E-state index in [-0.39, 0.29) is 24.0 Å². The van der Waals surface area contributed by atoms with Gasteiger partial charge in [0.05, 0.1) is 0 Å². The Morgan fingerprint density at radius 3 is 2.55 bits per heavy atom. The Morgan fingerprint density at radius 2 is 1.77 bits per heavy atom. The molecule has 31 heavy (non-hydrogen) atoms. The van der Waals surface area contributed by atoms with Crippen molar-refractivity contribution in [2.24, 2.45) is 5.92 Å². The van der Waals surface area contributed by atoms with Crippen LogP contribution >= 0.6 is 12.2 Å². The van der Waals surface area contributed by atoms with Gasteiger partial charge in [0.1, 0.15) is 18.3 Å². The summed E-state index contributed by atoms with van der Waals surface area (Å²) in [4.78, 5) is 27.1. The zero-order valence-electron chi connectivity index (χ0n) is 16.9. The highest BCUT2D eigenvalue weighted by atomic mass is 32.1. The topological polar surface area (TPSA) is 58.6 Å². The number of rotatable bonds is 7. The minimum absolute atomic E-state index is 0.115. The third kappa shape index (κ3) is 4.34. The lowest BCUT2D eigenvalue weighted by Crippen LogP contribution is -2.58. The number of nitrogens with one attached hydrogen (secondary N) is 1. The van der Waals surface area contributed by atoms with Gasteiger partial charge in [-0.2, -0.15) is 0 Å². The molecule has 1 unspecified atom stereocenters. The molecule has 0 bridgehead atoms. The first-order valence-electron chi connectivity index (χ1n) is 10.0. The highest BCUT2D eigenvalue weighted by Gasteiger charge is 2.38. The average Bonchev–Trinajstić information content (AvgIpc) is 2.79. The van der Waals surface area contributed by atoms with Crippen molar-refractivity contribution >= 4 is 39.9 Å². The molecule has 0 aliphatic carbocycles. The van der Waals surface area contributed by atoms with Crippen molar-refractivity contribution in [3.8, 4) is 5.75 Å². The number of carbonyl (C=O) groups is 2. The van der Waals surface area contributed by atoms with Crippen molar-refractivity contribution in [2.75, 3.05) is 6.54 Å². The predicted octanol–water partition coefficient (Wildman–Crippen LogP) is 4.01. The molecule has 1 N–H and O–H groups in total. The summed E-state index contributed by atoms with van der Waals surface area (Å²) in [5, 5.41) is 4.74. The molecule has 2 amide bonds. The quantitative estimate of drug-likeness (QED) is 0.350. The Bertz CT molecular complexity index is 1160. The van der Waals surface area contributed by atoms with Crippen LogP contribution in [0.2, 0.25) is 0 Å². The molecule has 0 spiro atoms. The van der Waals surface area contributed by atoms with Crippen LogP contribution in [0.15, 0.2) is 79.4 Å². The van der Waals surface area contributed by atoms with Gasteiger partial charge in [-0.3, -0.25) is 14.5 Å². The Morgan fingerprint density at radius 1 is 1.03 bits per heavy atom. The molecule has 1 aliphatic heterocycles. The average molecular weight is 431 g/mol. The number of ether oxygens (including phenoxy) is 1. The van der Waals surface area contributed by atoms with Crippen LogP contribution in [0.1, 0.15) is 11.1 Å². The second kappa shape index (κ2) is 9.10. The number of nitrogens with zero attached hydrogens (tertiary/aromatic N) is 1. The highest BCUT2D eigenvalue weighted by molar-refractivity contribution is 7.80. The van der Waals surface area contributed by atoms with E-state index in [4.69, 9.17) is 17.0 Å². The molecule has 1 atom stereocenters. The van der Waals surface area contributed by atoms with E-state index in [9.17, 15) is 9.59 Å². The molecule has 5 nitrogen and oxygen atoms in total. The van der Waals surface area contributed by atoms with Gasteiger partial charge in [0.25, 0.3) is 0 Å². The van der Waals surface area contributed by atoms with E-state index in [2.05, 4.69) is 11.9 Å². The predicted molar refractivity (Wildman–Crippen MR) is 125 cm³/mol. The van der Waals surface area contributed by atoms with E-state index in [0.29, 0.717) is 12.4 Å². The zero-order chi connectivity index (χ0) is 21.8. The number of thiocarbonyl (C=S) groups is 1. The van der Waals surface area contributed by atoms with Crippen LogP contribution < -0.4 is 10.1 Å². The number of fused-ring (bicyclic) bond motifs is 1. The van der Waals surface area contributed by atoms with Crippen molar-refractivity contribution in [3.05, 3.63) is 90.5 Å². The van der Waals surface area contributed by atoms with E-state index in [1.54, 1.807) is 6.08 Å². The fourth-order valence-corrected chi connectivity index (χ4v) is 4.01. The maximum atomic E-state index is 13.1. The summed E-state index contributed by atoms with van der Waals surface area (Å²) in [6, 6.07) is 21.6. The van der Waals surface area contributed by atoms with Crippen LogP contribution in [-0.4, -0.2) is 28.4 Å². The molecule has 6 heteroatoms. The fraction of sp³-hybridized carbons (Fsp3) is 0.160. The van der Waals surface area contributed by atoms with Gasteiger partial charge in [0, 0.05) is 12.1 Å². The monoisotopic (exact) mass is 430 g/mol. The lowest BCUT2D eigenvalue weighted by Gasteiger charge is -2.32. The van der Waals surface area contributed by atoms with Gasteiger partial charge in [-0.1, -0.05) is 66.7 Å². The second-order valence-electron chi connectivity index (χ2n) is 7.33. The van der Waals surface area contributed by atoms with Crippen LogP contribution in [0, 0.1) is 5.92 Å². The molecule has 1 fully saturated rings. The first-order valence-corrected chi connectivity index (χ1v) is 10.4. The minimum atomic E-state index is -0.892. The van der Waals surface area contributed by atoms with Gasteiger partial charge in [0.2, 0.25) is 11.8 Å². The number of carbonyl (C=O) groups excluding carboxylic acids is 2. The SMILES string of the molecule is C=CCN1C(=O)C(Cc2c(OCc3ccccc3)ccc3ccccc23)C(=O)NC1=S. The summed E-state index contributed by atoms with van der Waals surface area (Å²) < 4.78 is 6.14. The maximum Gasteiger partial charge on any atom is 0.241 e. The summed E-state index contributed by atoms with van der Waals surface area (Å²) in [5.74, 6) is -0.948. The minimum Gasteiger partial charge on any atom is -0.489 e. The molecule has 0 saturated carbocycles. The number of amides is 2. The van der Waals surface area contributed by atoms with Crippen LogP contribution in [0.3, 0.4) is 0 Å². The second-order valence-corrected chi connectivity index (χ2v) is 7.71. The molecule has 1 heterocycles. The van der Waals surface area contributed by atoms with Gasteiger partial charge in [-0.05, 0) is 41.0 Å². The van der Waals surface area contributed by atoms with Gasteiger partial charge in [-0.15, -0.1) is 6.58 Å². The van der Waals surface area contributed by atoms with Gasteiger partial charge in [-0.25, -0.2) is 0 Å². The third-order valence-corrected chi connectivity index (χ3v) is 5.63. The van der Waals surface area contributed by atoms with Gasteiger partial charge < -0.3 is 10.1 Å². The molecule has 3 aromatic carbocycles. The Balaban J connectivity index is 1.69. The molecule has 0 aromatic heterocycles. The van der Waals surface area contributed by atoms with Gasteiger partial charge >= 0.3 is 0 Å².